The molecule has 0 spiro atoms. The summed E-state index contributed by atoms with van der Waals surface area (Å²) in [6, 6.07) is 3.84. The number of amides is 2. The third-order valence-electron chi connectivity index (χ3n) is 3.67. The number of hydrogen-bond donors (Lipinski definition) is 2. The molecule has 1 aromatic rings. The van der Waals surface area contributed by atoms with Crippen LogP contribution in [-0.4, -0.2) is 44.0 Å². The Kier molecular flexibility index (Phi) is 6.80. The number of hydrogen-bond acceptors (Lipinski definition) is 4. The van der Waals surface area contributed by atoms with Gasteiger partial charge in [0.2, 0.25) is 0 Å². The molecule has 0 aliphatic rings. The number of esters is 1. The number of carbonyl (C=O) groups is 2. The maximum absolute atomic E-state index is 13.2. The Morgan fingerprint density at radius 1 is 1.24 bits per heavy atom. The molecule has 1 atom stereocenters. The van der Waals surface area contributed by atoms with E-state index in [2.05, 4.69) is 10.1 Å². The van der Waals surface area contributed by atoms with Gasteiger partial charge in [0.15, 0.2) is 0 Å². The molecule has 6 nitrogen and oxygen atoms in total. The summed E-state index contributed by atoms with van der Waals surface area (Å²) in [4.78, 5) is 24.6. The molecule has 1 rings (SSSR count). The van der Waals surface area contributed by atoms with Gasteiger partial charge in [-0.15, -0.1) is 0 Å². The van der Waals surface area contributed by atoms with E-state index in [0.29, 0.717) is 12.2 Å². The predicted molar refractivity (Wildman–Crippen MR) is 85.1 cm³/mol. The van der Waals surface area contributed by atoms with Crippen molar-refractivity contribution in [3.05, 3.63) is 29.8 Å². The molecule has 2 N–H and O–H groups in total. The minimum atomic E-state index is -5.26. The van der Waals surface area contributed by atoms with Crippen molar-refractivity contribution in [3.63, 3.8) is 0 Å². The van der Waals surface area contributed by atoms with Crippen LogP contribution in [0.5, 0.6) is 0 Å². The SMILES string of the molecule is CCCCNC(=O)N(C)c1ccc(C(O)(C(=O)OC)C(F)(F)F)cc1. The molecule has 1 unspecified atom stereocenters. The second kappa shape index (κ2) is 8.19. The van der Waals surface area contributed by atoms with E-state index in [1.54, 1.807) is 0 Å². The second-order valence-corrected chi connectivity index (χ2v) is 5.39. The third-order valence-corrected chi connectivity index (χ3v) is 3.67. The van der Waals surface area contributed by atoms with Gasteiger partial charge in [0.1, 0.15) is 0 Å². The van der Waals surface area contributed by atoms with Crippen LogP contribution in [0.4, 0.5) is 23.7 Å². The molecule has 0 aliphatic heterocycles. The fourth-order valence-corrected chi connectivity index (χ4v) is 2.08. The number of carbonyl (C=O) groups excluding carboxylic acids is 2. The van der Waals surface area contributed by atoms with Gasteiger partial charge in [-0.3, -0.25) is 4.90 Å². The molecule has 1 aromatic carbocycles. The molecule has 0 aliphatic carbocycles. The number of nitrogens with one attached hydrogen (secondary N) is 1. The summed E-state index contributed by atoms with van der Waals surface area (Å²) in [6.07, 6.45) is -3.55. The van der Waals surface area contributed by atoms with Gasteiger partial charge >= 0.3 is 18.2 Å². The monoisotopic (exact) mass is 362 g/mol. The first-order valence-corrected chi connectivity index (χ1v) is 7.59. The van der Waals surface area contributed by atoms with Crippen molar-refractivity contribution in [3.8, 4) is 0 Å². The van der Waals surface area contributed by atoms with Crippen molar-refractivity contribution in [1.29, 1.82) is 0 Å². The quantitative estimate of drug-likeness (QED) is 0.602. The zero-order chi connectivity index (χ0) is 19.3. The van der Waals surface area contributed by atoms with Gasteiger partial charge in [-0.2, -0.15) is 13.2 Å². The minimum Gasteiger partial charge on any atom is -0.466 e. The summed E-state index contributed by atoms with van der Waals surface area (Å²) in [5.41, 5.74) is -4.18. The number of halogens is 3. The minimum absolute atomic E-state index is 0.298. The lowest BCUT2D eigenvalue weighted by atomic mass is 9.93. The number of methoxy groups -OCH3 is 1. The lowest BCUT2D eigenvalue weighted by Crippen LogP contribution is -2.49. The molecule has 0 bridgehead atoms. The Morgan fingerprint density at radius 2 is 1.80 bits per heavy atom. The van der Waals surface area contributed by atoms with Crippen molar-refractivity contribution >= 4 is 17.7 Å². The second-order valence-electron chi connectivity index (χ2n) is 5.39. The van der Waals surface area contributed by atoms with E-state index >= 15 is 0 Å². The fraction of sp³-hybridized carbons (Fsp3) is 0.500. The van der Waals surface area contributed by atoms with Crippen LogP contribution in [-0.2, 0) is 15.1 Å². The number of anilines is 1. The Balaban J connectivity index is 3.04. The van der Waals surface area contributed by atoms with Gasteiger partial charge in [0, 0.05) is 24.8 Å². The first kappa shape index (κ1) is 20.8. The van der Waals surface area contributed by atoms with Crippen LogP contribution >= 0.6 is 0 Å². The Labute approximate surface area is 143 Å². The number of alkyl halides is 3. The molecule has 9 heteroatoms. The van der Waals surface area contributed by atoms with Crippen molar-refractivity contribution in [2.75, 3.05) is 25.6 Å². The Hall–Kier alpha value is -2.29. The zero-order valence-electron chi connectivity index (χ0n) is 14.2. The third kappa shape index (κ3) is 4.41. The van der Waals surface area contributed by atoms with E-state index in [1.807, 2.05) is 6.92 Å². The molecule has 0 radical (unpaired) electrons. The van der Waals surface area contributed by atoms with Gasteiger partial charge < -0.3 is 15.2 Å². The molecular formula is C16H21F3N2O4. The summed E-state index contributed by atoms with van der Waals surface area (Å²) in [5.74, 6) is -1.83. The van der Waals surface area contributed by atoms with Crippen LogP contribution in [0.1, 0.15) is 25.3 Å². The van der Waals surface area contributed by atoms with Crippen LogP contribution in [0.25, 0.3) is 0 Å². The average molecular weight is 362 g/mol. The van der Waals surface area contributed by atoms with Gasteiger partial charge in [-0.25, -0.2) is 9.59 Å². The molecule has 140 valence electrons. The number of urea groups is 1. The van der Waals surface area contributed by atoms with E-state index in [9.17, 15) is 27.9 Å². The molecule has 0 saturated carbocycles. The highest BCUT2D eigenvalue weighted by atomic mass is 19.4. The van der Waals surface area contributed by atoms with Crippen LogP contribution in [0.2, 0.25) is 0 Å². The highest BCUT2D eigenvalue weighted by molar-refractivity contribution is 5.91. The van der Waals surface area contributed by atoms with Gasteiger partial charge in [-0.05, 0) is 18.6 Å². The number of rotatable bonds is 6. The first-order valence-electron chi connectivity index (χ1n) is 7.59. The van der Waals surface area contributed by atoms with Crippen LogP contribution in [0.3, 0.4) is 0 Å². The molecule has 0 saturated heterocycles. The number of unbranched alkanes of at least 4 members (excludes halogenated alkanes) is 1. The lowest BCUT2D eigenvalue weighted by Gasteiger charge is -2.28. The molecule has 0 fully saturated rings. The standard InChI is InChI=1S/C16H21F3N2O4/c1-4-5-10-20-14(23)21(2)12-8-6-11(7-9-12)15(24,13(22)25-3)16(17,18)19/h6-9,24H,4-5,10H2,1-3H3,(H,20,23). The molecular weight excluding hydrogens is 341 g/mol. The number of ether oxygens (including phenoxy) is 1. The fourth-order valence-electron chi connectivity index (χ4n) is 2.08. The van der Waals surface area contributed by atoms with E-state index in [1.165, 1.54) is 24.1 Å². The van der Waals surface area contributed by atoms with Crippen molar-refractivity contribution in [2.24, 2.45) is 0 Å². The Bertz CT molecular complexity index is 604. The lowest BCUT2D eigenvalue weighted by molar-refractivity contribution is -0.266. The number of nitrogens with zero attached hydrogens (tertiary/aromatic N) is 1. The van der Waals surface area contributed by atoms with E-state index in [-0.39, 0.29) is 0 Å². The summed E-state index contributed by atoms with van der Waals surface area (Å²) in [5, 5.41) is 12.5. The van der Waals surface area contributed by atoms with Crippen molar-refractivity contribution in [1.82, 2.24) is 5.32 Å². The Morgan fingerprint density at radius 3 is 2.24 bits per heavy atom. The number of benzene rings is 1. The molecule has 25 heavy (non-hydrogen) atoms. The maximum atomic E-state index is 13.2. The van der Waals surface area contributed by atoms with E-state index < -0.39 is 29.3 Å². The van der Waals surface area contributed by atoms with Crippen LogP contribution in [0, 0.1) is 0 Å². The summed E-state index contributed by atoms with van der Waals surface area (Å²) in [7, 11) is 2.20. The maximum Gasteiger partial charge on any atom is 0.432 e. The normalized spacial score (nSPS) is 13.7. The topological polar surface area (TPSA) is 78.9 Å². The molecule has 0 heterocycles. The first-order chi connectivity index (χ1) is 11.6. The highest BCUT2D eigenvalue weighted by Gasteiger charge is 2.62. The average Bonchev–Trinajstić information content (AvgIpc) is 2.58. The number of aliphatic hydroxyl groups is 1. The smallest absolute Gasteiger partial charge is 0.432 e. The van der Waals surface area contributed by atoms with Crippen molar-refractivity contribution in [2.45, 2.75) is 31.5 Å². The van der Waals surface area contributed by atoms with E-state index in [0.717, 1.165) is 32.1 Å². The highest BCUT2D eigenvalue weighted by Crippen LogP contribution is 2.40. The van der Waals surface area contributed by atoms with Gasteiger partial charge in [0.05, 0.1) is 7.11 Å². The van der Waals surface area contributed by atoms with Crippen LogP contribution < -0.4 is 10.2 Å². The summed E-state index contributed by atoms with van der Waals surface area (Å²) < 4.78 is 43.6. The van der Waals surface area contributed by atoms with E-state index in [4.69, 9.17) is 0 Å². The van der Waals surface area contributed by atoms with Gasteiger partial charge in [-0.1, -0.05) is 25.5 Å². The summed E-state index contributed by atoms with van der Waals surface area (Å²) in [6.45, 7) is 2.45. The molecule has 0 aromatic heterocycles. The van der Waals surface area contributed by atoms with Gasteiger partial charge in [0.25, 0.3) is 5.60 Å². The van der Waals surface area contributed by atoms with Crippen LogP contribution in [0.15, 0.2) is 24.3 Å². The molecule has 2 amide bonds. The van der Waals surface area contributed by atoms with Crippen molar-refractivity contribution < 1.29 is 32.6 Å². The largest absolute Gasteiger partial charge is 0.466 e. The summed E-state index contributed by atoms with van der Waals surface area (Å²) >= 11 is 0. The predicted octanol–water partition coefficient (Wildman–Crippen LogP) is 2.56. The zero-order valence-corrected chi connectivity index (χ0v) is 14.2.